The van der Waals surface area contributed by atoms with Gasteiger partial charge in [-0.05, 0) is 86.3 Å². The number of hydrogen-bond acceptors (Lipinski definition) is 1. The smallest absolute Gasteiger partial charge is 0.0568 e. The number of benzene rings is 8. The first kappa shape index (κ1) is 32.0. The number of hydrogen-bond donors (Lipinski definition) is 0. The van der Waals surface area contributed by atoms with Crippen molar-refractivity contribution in [3.63, 3.8) is 0 Å². The van der Waals surface area contributed by atoms with Crippen LogP contribution in [0.3, 0.4) is 0 Å². The van der Waals surface area contributed by atoms with E-state index in [2.05, 4.69) is 218 Å². The Hall–Kier alpha value is -6.64. The molecule has 1 aliphatic carbocycles. The molecule has 0 saturated heterocycles. The van der Waals surface area contributed by atoms with Crippen LogP contribution in [-0.4, -0.2) is 4.57 Å². The minimum atomic E-state index is -0.0962. The number of nitrogens with zero attached hydrogens (tertiary/aromatic N) is 2. The van der Waals surface area contributed by atoms with Crippen molar-refractivity contribution in [3.8, 4) is 44.6 Å². The lowest BCUT2D eigenvalue weighted by Crippen LogP contribution is -2.16. The van der Waals surface area contributed by atoms with E-state index in [9.17, 15) is 0 Å². The maximum absolute atomic E-state index is 2.41. The number of anilines is 3. The van der Waals surface area contributed by atoms with Crippen LogP contribution in [0.4, 0.5) is 17.1 Å². The van der Waals surface area contributed by atoms with Gasteiger partial charge in [0, 0.05) is 45.9 Å². The van der Waals surface area contributed by atoms with Crippen molar-refractivity contribution in [2.45, 2.75) is 19.3 Å². The van der Waals surface area contributed by atoms with E-state index in [1.165, 1.54) is 77.4 Å². The standard InChI is InChI=1S/C52H40N2/c1-52(2)47-21-13-12-20-44(47)45-33-31-42(34-48(45)52)54(40-27-22-36(23-28-40)35-14-6-4-7-15-35)41-29-24-38(25-30-41)49-46-32-26-37-16-10-11-19-43(37)51(46)53(3)50(49)39-17-8-5-9-18-39/h4-34H,1-3H3. The van der Waals surface area contributed by atoms with E-state index in [4.69, 9.17) is 0 Å². The molecular formula is C52H40N2. The van der Waals surface area contributed by atoms with E-state index in [0.29, 0.717) is 0 Å². The first-order chi connectivity index (χ1) is 26.5. The summed E-state index contributed by atoms with van der Waals surface area (Å²) in [6, 6.07) is 68.8. The molecule has 0 aliphatic heterocycles. The van der Waals surface area contributed by atoms with E-state index in [-0.39, 0.29) is 5.41 Å². The Morgan fingerprint density at radius 2 is 0.981 bits per heavy atom. The van der Waals surface area contributed by atoms with Gasteiger partial charge in [0.1, 0.15) is 0 Å². The monoisotopic (exact) mass is 692 g/mol. The van der Waals surface area contributed by atoms with Crippen molar-refractivity contribution >= 4 is 38.7 Å². The summed E-state index contributed by atoms with van der Waals surface area (Å²) >= 11 is 0. The van der Waals surface area contributed by atoms with Gasteiger partial charge in [0.05, 0.1) is 11.2 Å². The molecule has 0 N–H and O–H groups in total. The minimum Gasteiger partial charge on any atom is -0.343 e. The second kappa shape index (κ2) is 12.5. The maximum Gasteiger partial charge on any atom is 0.0568 e. The first-order valence-electron chi connectivity index (χ1n) is 18.8. The summed E-state index contributed by atoms with van der Waals surface area (Å²) < 4.78 is 2.39. The van der Waals surface area contributed by atoms with Gasteiger partial charge < -0.3 is 9.47 Å². The lowest BCUT2D eigenvalue weighted by molar-refractivity contribution is 0.660. The van der Waals surface area contributed by atoms with Crippen molar-refractivity contribution in [1.82, 2.24) is 4.57 Å². The molecule has 0 saturated carbocycles. The fourth-order valence-electron chi connectivity index (χ4n) is 8.94. The zero-order chi connectivity index (χ0) is 36.4. The van der Waals surface area contributed by atoms with Crippen LogP contribution in [0.2, 0.25) is 0 Å². The van der Waals surface area contributed by atoms with Gasteiger partial charge in [0.2, 0.25) is 0 Å². The number of rotatable bonds is 6. The Labute approximate surface area is 317 Å². The normalized spacial score (nSPS) is 12.9. The van der Waals surface area contributed by atoms with Crippen molar-refractivity contribution in [2.75, 3.05) is 4.90 Å². The topological polar surface area (TPSA) is 8.17 Å². The molecule has 1 aromatic heterocycles. The van der Waals surface area contributed by atoms with Crippen LogP contribution in [0.25, 0.3) is 66.3 Å². The van der Waals surface area contributed by atoms with Crippen LogP contribution in [0, 0.1) is 0 Å². The summed E-state index contributed by atoms with van der Waals surface area (Å²) in [6.07, 6.45) is 0. The highest BCUT2D eigenvalue weighted by Crippen LogP contribution is 2.51. The van der Waals surface area contributed by atoms with Crippen molar-refractivity contribution in [3.05, 3.63) is 199 Å². The zero-order valence-corrected chi connectivity index (χ0v) is 30.8. The highest BCUT2D eigenvalue weighted by Gasteiger charge is 2.35. The van der Waals surface area contributed by atoms with Gasteiger partial charge in [-0.15, -0.1) is 0 Å². The average molecular weight is 693 g/mol. The van der Waals surface area contributed by atoms with Gasteiger partial charge in [-0.2, -0.15) is 0 Å². The molecule has 1 heterocycles. The van der Waals surface area contributed by atoms with Gasteiger partial charge >= 0.3 is 0 Å². The van der Waals surface area contributed by atoms with Crippen LogP contribution in [-0.2, 0) is 12.5 Å². The summed E-state index contributed by atoms with van der Waals surface area (Å²) in [5.41, 5.74) is 17.3. The highest BCUT2D eigenvalue weighted by molar-refractivity contribution is 6.15. The number of aromatic nitrogens is 1. The Balaban J connectivity index is 1.13. The molecule has 0 fully saturated rings. The van der Waals surface area contributed by atoms with E-state index in [1.807, 2.05) is 0 Å². The number of fused-ring (bicyclic) bond motifs is 6. The van der Waals surface area contributed by atoms with E-state index >= 15 is 0 Å². The van der Waals surface area contributed by atoms with Crippen LogP contribution in [0.15, 0.2) is 188 Å². The van der Waals surface area contributed by atoms with Gasteiger partial charge in [0.15, 0.2) is 0 Å². The first-order valence-corrected chi connectivity index (χ1v) is 18.8. The molecule has 9 aromatic rings. The van der Waals surface area contributed by atoms with Crippen molar-refractivity contribution < 1.29 is 0 Å². The van der Waals surface area contributed by atoms with Gasteiger partial charge in [-0.3, -0.25) is 0 Å². The molecule has 0 unspecified atom stereocenters. The second-order valence-electron chi connectivity index (χ2n) is 15.0. The molecule has 0 spiro atoms. The quantitative estimate of drug-likeness (QED) is 0.168. The zero-order valence-electron chi connectivity index (χ0n) is 30.8. The summed E-state index contributed by atoms with van der Waals surface area (Å²) in [5, 5.41) is 3.78. The third kappa shape index (κ3) is 5.02. The molecule has 0 atom stereocenters. The molecule has 0 radical (unpaired) electrons. The predicted molar refractivity (Wildman–Crippen MR) is 229 cm³/mol. The molecule has 2 nitrogen and oxygen atoms in total. The van der Waals surface area contributed by atoms with E-state index in [1.54, 1.807) is 0 Å². The Bertz CT molecular complexity index is 2830. The van der Waals surface area contributed by atoms with Gasteiger partial charge in [0.25, 0.3) is 0 Å². The fourth-order valence-corrected chi connectivity index (χ4v) is 8.94. The molecular weight excluding hydrogens is 653 g/mol. The molecule has 8 aromatic carbocycles. The minimum absolute atomic E-state index is 0.0962. The predicted octanol–water partition coefficient (Wildman–Crippen LogP) is 14.1. The van der Waals surface area contributed by atoms with E-state index in [0.717, 1.165) is 17.1 Å². The van der Waals surface area contributed by atoms with E-state index < -0.39 is 0 Å². The molecule has 258 valence electrons. The Morgan fingerprint density at radius 1 is 0.426 bits per heavy atom. The Morgan fingerprint density at radius 3 is 1.70 bits per heavy atom. The van der Waals surface area contributed by atoms with Crippen LogP contribution in [0.5, 0.6) is 0 Å². The molecule has 1 aliphatic rings. The third-order valence-corrected chi connectivity index (χ3v) is 11.6. The third-order valence-electron chi connectivity index (χ3n) is 11.6. The molecule has 0 amide bonds. The average Bonchev–Trinajstić information content (AvgIpc) is 3.66. The summed E-state index contributed by atoms with van der Waals surface area (Å²) in [5.74, 6) is 0. The van der Waals surface area contributed by atoms with Crippen LogP contribution >= 0.6 is 0 Å². The van der Waals surface area contributed by atoms with Gasteiger partial charge in [-0.25, -0.2) is 0 Å². The Kier molecular flexibility index (Phi) is 7.42. The molecule has 10 rings (SSSR count). The summed E-state index contributed by atoms with van der Waals surface area (Å²) in [4.78, 5) is 2.41. The van der Waals surface area contributed by atoms with Crippen molar-refractivity contribution in [2.24, 2.45) is 7.05 Å². The molecule has 54 heavy (non-hydrogen) atoms. The SMILES string of the molecule is Cn1c(-c2ccccc2)c(-c2ccc(N(c3ccc(-c4ccccc4)cc3)c3ccc4c(c3)C(C)(C)c3ccccc3-4)cc2)c2ccc3ccccc3c21. The van der Waals surface area contributed by atoms with Gasteiger partial charge in [-0.1, -0.05) is 166 Å². The molecule has 0 bridgehead atoms. The number of aryl methyl sites for hydroxylation is 1. The maximum atomic E-state index is 2.41. The van der Waals surface area contributed by atoms with Crippen LogP contribution < -0.4 is 4.90 Å². The summed E-state index contributed by atoms with van der Waals surface area (Å²) in [6.45, 7) is 4.71. The second-order valence-corrected chi connectivity index (χ2v) is 15.0. The summed E-state index contributed by atoms with van der Waals surface area (Å²) in [7, 11) is 2.21. The molecule has 2 heteroatoms. The highest BCUT2D eigenvalue weighted by atomic mass is 15.1. The van der Waals surface area contributed by atoms with Crippen LogP contribution in [0.1, 0.15) is 25.0 Å². The lowest BCUT2D eigenvalue weighted by Gasteiger charge is -2.28. The fraction of sp³-hybridized carbons (Fsp3) is 0.0769. The largest absolute Gasteiger partial charge is 0.343 e. The van der Waals surface area contributed by atoms with Crippen molar-refractivity contribution in [1.29, 1.82) is 0 Å². The lowest BCUT2D eigenvalue weighted by atomic mass is 9.82.